The monoisotopic (exact) mass is 331 g/mol. The summed E-state index contributed by atoms with van der Waals surface area (Å²) in [5.74, 6) is 1.56. The van der Waals surface area contributed by atoms with E-state index in [1.807, 2.05) is 31.2 Å². The summed E-state index contributed by atoms with van der Waals surface area (Å²) in [6, 6.07) is 7.60. The van der Waals surface area contributed by atoms with Crippen molar-refractivity contribution in [3.8, 4) is 5.75 Å². The molecule has 0 spiro atoms. The third-order valence-corrected chi connectivity index (χ3v) is 4.78. The standard InChI is InChI=1S/C19H25NO4/c1-3-18-16(8-5-9-24-18)19(22)20-12-14(21)11-17(20)13-6-4-7-15(10-13)23-2/h4,6-7,10,14,17,21H,3,5,8-9,11-12H2,1-2H3/t14-,17-/m1/s1. The lowest BCUT2D eigenvalue weighted by Gasteiger charge is -2.29. The van der Waals surface area contributed by atoms with E-state index in [-0.39, 0.29) is 11.9 Å². The van der Waals surface area contributed by atoms with E-state index in [0.717, 1.165) is 41.9 Å². The Hall–Kier alpha value is -2.01. The predicted molar refractivity (Wildman–Crippen MR) is 90.6 cm³/mol. The Balaban J connectivity index is 1.90. The van der Waals surface area contributed by atoms with Gasteiger partial charge in [0.1, 0.15) is 11.5 Å². The summed E-state index contributed by atoms with van der Waals surface area (Å²) in [4.78, 5) is 14.9. The zero-order valence-corrected chi connectivity index (χ0v) is 14.3. The van der Waals surface area contributed by atoms with Crippen molar-refractivity contribution in [2.75, 3.05) is 20.3 Å². The van der Waals surface area contributed by atoms with Gasteiger partial charge < -0.3 is 19.5 Å². The Kier molecular flexibility index (Phi) is 5.09. The van der Waals surface area contributed by atoms with E-state index in [0.29, 0.717) is 19.6 Å². The highest BCUT2D eigenvalue weighted by atomic mass is 16.5. The molecule has 2 heterocycles. The molecule has 2 aliphatic heterocycles. The quantitative estimate of drug-likeness (QED) is 0.922. The number of benzene rings is 1. The number of rotatable bonds is 4. The molecule has 2 atom stereocenters. The van der Waals surface area contributed by atoms with Crippen LogP contribution in [0.2, 0.25) is 0 Å². The molecular formula is C19H25NO4. The molecule has 1 aromatic rings. The number of β-amino-alcohol motifs (C(OH)–C–C–N with tert-alkyl or cyclic N) is 1. The van der Waals surface area contributed by atoms with Gasteiger partial charge in [-0.05, 0) is 37.0 Å². The lowest BCUT2D eigenvalue weighted by Crippen LogP contribution is -2.34. The van der Waals surface area contributed by atoms with E-state index >= 15 is 0 Å². The minimum absolute atomic E-state index is 0.00378. The second-order valence-corrected chi connectivity index (χ2v) is 6.35. The summed E-state index contributed by atoms with van der Waals surface area (Å²) in [5.41, 5.74) is 1.76. The first-order valence-electron chi connectivity index (χ1n) is 8.61. The topological polar surface area (TPSA) is 59.0 Å². The summed E-state index contributed by atoms with van der Waals surface area (Å²) in [7, 11) is 1.63. The Morgan fingerprint density at radius 2 is 2.29 bits per heavy atom. The molecule has 1 amide bonds. The summed E-state index contributed by atoms with van der Waals surface area (Å²) < 4.78 is 11.0. The number of methoxy groups -OCH3 is 1. The van der Waals surface area contributed by atoms with Gasteiger partial charge in [-0.15, -0.1) is 0 Å². The second kappa shape index (κ2) is 7.26. The van der Waals surface area contributed by atoms with Gasteiger partial charge in [0.25, 0.3) is 5.91 Å². The van der Waals surface area contributed by atoms with Gasteiger partial charge in [0.15, 0.2) is 0 Å². The third kappa shape index (κ3) is 3.26. The normalized spacial score (nSPS) is 24.0. The van der Waals surface area contributed by atoms with E-state index < -0.39 is 6.10 Å². The van der Waals surface area contributed by atoms with E-state index in [2.05, 4.69) is 0 Å². The average molecular weight is 331 g/mol. The van der Waals surface area contributed by atoms with Crippen molar-refractivity contribution >= 4 is 5.91 Å². The molecular weight excluding hydrogens is 306 g/mol. The number of aliphatic hydroxyl groups is 1. The molecule has 5 heteroatoms. The fourth-order valence-corrected chi connectivity index (χ4v) is 3.59. The fourth-order valence-electron chi connectivity index (χ4n) is 3.59. The molecule has 2 aliphatic rings. The summed E-state index contributed by atoms with van der Waals surface area (Å²) >= 11 is 0. The van der Waals surface area contributed by atoms with Crippen LogP contribution in [0.4, 0.5) is 0 Å². The van der Waals surface area contributed by atoms with Crippen molar-refractivity contribution in [3.05, 3.63) is 41.2 Å². The SMILES string of the molecule is CCC1=C(C(=O)N2C[C@H](O)C[C@@H]2c2cccc(OC)c2)CCCO1. The van der Waals surface area contributed by atoms with Crippen LogP contribution >= 0.6 is 0 Å². The van der Waals surface area contributed by atoms with Gasteiger partial charge in [-0.3, -0.25) is 4.79 Å². The highest BCUT2D eigenvalue weighted by molar-refractivity contribution is 5.94. The molecule has 1 aromatic carbocycles. The number of hydrogen-bond acceptors (Lipinski definition) is 4. The van der Waals surface area contributed by atoms with Gasteiger partial charge in [-0.2, -0.15) is 0 Å². The third-order valence-electron chi connectivity index (χ3n) is 4.78. The van der Waals surface area contributed by atoms with Crippen LogP contribution in [-0.4, -0.2) is 42.3 Å². The van der Waals surface area contributed by atoms with Crippen LogP contribution in [0.1, 0.15) is 44.2 Å². The Labute approximate surface area is 142 Å². The lowest BCUT2D eigenvalue weighted by molar-refractivity contribution is -0.129. The van der Waals surface area contributed by atoms with Crippen LogP contribution in [0.15, 0.2) is 35.6 Å². The number of carbonyl (C=O) groups excluding carboxylic acids is 1. The van der Waals surface area contributed by atoms with E-state index in [4.69, 9.17) is 9.47 Å². The second-order valence-electron chi connectivity index (χ2n) is 6.35. The number of amides is 1. The van der Waals surface area contributed by atoms with Crippen LogP contribution in [0, 0.1) is 0 Å². The summed E-state index contributed by atoms with van der Waals surface area (Å²) in [5, 5.41) is 10.2. The minimum Gasteiger partial charge on any atom is -0.497 e. The number of ether oxygens (including phenoxy) is 2. The number of aliphatic hydroxyl groups excluding tert-OH is 1. The van der Waals surface area contributed by atoms with E-state index in [1.165, 1.54) is 0 Å². The molecule has 0 aromatic heterocycles. The van der Waals surface area contributed by atoms with Crippen molar-refractivity contribution < 1.29 is 19.4 Å². The molecule has 0 unspecified atom stereocenters. The zero-order chi connectivity index (χ0) is 17.1. The maximum Gasteiger partial charge on any atom is 0.253 e. The van der Waals surface area contributed by atoms with Crippen LogP contribution in [-0.2, 0) is 9.53 Å². The maximum absolute atomic E-state index is 13.1. The van der Waals surface area contributed by atoms with Crippen molar-refractivity contribution in [1.82, 2.24) is 4.90 Å². The highest BCUT2D eigenvalue weighted by Crippen LogP contribution is 2.36. The highest BCUT2D eigenvalue weighted by Gasteiger charge is 2.37. The molecule has 5 nitrogen and oxygen atoms in total. The number of allylic oxidation sites excluding steroid dienone is 1. The summed E-state index contributed by atoms with van der Waals surface area (Å²) in [6.45, 7) is 3.05. The van der Waals surface area contributed by atoms with Crippen LogP contribution in [0.3, 0.4) is 0 Å². The predicted octanol–water partition coefficient (Wildman–Crippen LogP) is 2.80. The van der Waals surface area contributed by atoms with Gasteiger partial charge in [0.2, 0.25) is 0 Å². The first-order valence-corrected chi connectivity index (χ1v) is 8.61. The molecule has 1 fully saturated rings. The molecule has 0 radical (unpaired) electrons. The van der Waals surface area contributed by atoms with Gasteiger partial charge in [-0.1, -0.05) is 19.1 Å². The number of likely N-dealkylation sites (tertiary alicyclic amines) is 1. The Morgan fingerprint density at radius 1 is 1.46 bits per heavy atom. The zero-order valence-electron chi connectivity index (χ0n) is 14.3. The van der Waals surface area contributed by atoms with Crippen LogP contribution < -0.4 is 4.74 Å². The van der Waals surface area contributed by atoms with E-state index in [1.54, 1.807) is 12.0 Å². The smallest absolute Gasteiger partial charge is 0.253 e. The van der Waals surface area contributed by atoms with Crippen LogP contribution in [0.25, 0.3) is 0 Å². The van der Waals surface area contributed by atoms with Gasteiger partial charge >= 0.3 is 0 Å². The fraction of sp³-hybridized carbons (Fsp3) is 0.526. The molecule has 130 valence electrons. The number of carbonyl (C=O) groups is 1. The largest absolute Gasteiger partial charge is 0.497 e. The van der Waals surface area contributed by atoms with Crippen molar-refractivity contribution in [2.24, 2.45) is 0 Å². The van der Waals surface area contributed by atoms with Gasteiger partial charge in [0.05, 0.1) is 31.4 Å². The molecule has 0 saturated carbocycles. The molecule has 1 saturated heterocycles. The number of nitrogens with zero attached hydrogens (tertiary/aromatic N) is 1. The minimum atomic E-state index is -0.500. The van der Waals surface area contributed by atoms with Crippen molar-refractivity contribution in [2.45, 2.75) is 44.8 Å². The van der Waals surface area contributed by atoms with Gasteiger partial charge in [0, 0.05) is 13.0 Å². The molecule has 3 rings (SSSR count). The Morgan fingerprint density at radius 3 is 3.04 bits per heavy atom. The van der Waals surface area contributed by atoms with Crippen molar-refractivity contribution in [1.29, 1.82) is 0 Å². The van der Waals surface area contributed by atoms with E-state index in [9.17, 15) is 9.90 Å². The molecule has 24 heavy (non-hydrogen) atoms. The maximum atomic E-state index is 13.1. The Bertz CT molecular complexity index is 640. The molecule has 0 bridgehead atoms. The van der Waals surface area contributed by atoms with Crippen LogP contribution in [0.5, 0.6) is 5.75 Å². The molecule has 1 N–H and O–H groups in total. The van der Waals surface area contributed by atoms with Crippen molar-refractivity contribution in [3.63, 3.8) is 0 Å². The van der Waals surface area contributed by atoms with Gasteiger partial charge in [-0.25, -0.2) is 0 Å². The number of hydrogen-bond donors (Lipinski definition) is 1. The first-order chi connectivity index (χ1) is 11.6. The summed E-state index contributed by atoms with van der Waals surface area (Å²) in [6.07, 6.45) is 2.39. The average Bonchev–Trinajstić information content (AvgIpc) is 3.03. The lowest BCUT2D eigenvalue weighted by atomic mass is 10.0. The molecule has 0 aliphatic carbocycles. The first kappa shape index (κ1) is 16.8.